The van der Waals surface area contributed by atoms with Crippen molar-refractivity contribution in [1.29, 1.82) is 0 Å². The van der Waals surface area contributed by atoms with Crippen LogP contribution in [0.15, 0.2) is 30.9 Å². The summed E-state index contributed by atoms with van der Waals surface area (Å²) in [5, 5.41) is 13.1. The summed E-state index contributed by atoms with van der Waals surface area (Å²) >= 11 is 0. The Morgan fingerprint density at radius 1 is 1.45 bits per heavy atom. The lowest BCUT2D eigenvalue weighted by atomic mass is 10.1. The van der Waals surface area contributed by atoms with E-state index in [1.807, 2.05) is 26.0 Å². The van der Waals surface area contributed by atoms with Crippen LogP contribution in [-0.4, -0.2) is 50.4 Å². The van der Waals surface area contributed by atoms with Gasteiger partial charge < -0.3 is 10.0 Å². The third-order valence-electron chi connectivity index (χ3n) is 3.15. The highest BCUT2D eigenvalue weighted by molar-refractivity contribution is 5.94. The van der Waals surface area contributed by atoms with E-state index in [9.17, 15) is 4.79 Å². The molecule has 0 saturated heterocycles. The summed E-state index contributed by atoms with van der Waals surface area (Å²) in [6.07, 6.45) is 3.09. The van der Waals surface area contributed by atoms with Gasteiger partial charge in [0.05, 0.1) is 12.3 Å². The first-order valence-corrected chi connectivity index (χ1v) is 6.53. The van der Waals surface area contributed by atoms with E-state index in [0.29, 0.717) is 18.7 Å². The number of carbonyl (C=O) groups excluding carboxylic acids is 1. The van der Waals surface area contributed by atoms with Gasteiger partial charge >= 0.3 is 0 Å². The number of aromatic nitrogens is 3. The first-order chi connectivity index (χ1) is 9.67. The number of nitrogens with zero attached hydrogens (tertiary/aromatic N) is 4. The van der Waals surface area contributed by atoms with Gasteiger partial charge in [0.15, 0.2) is 0 Å². The van der Waals surface area contributed by atoms with Gasteiger partial charge in [0.25, 0.3) is 5.91 Å². The predicted molar refractivity (Wildman–Crippen MR) is 74.8 cm³/mol. The Labute approximate surface area is 117 Å². The molecule has 0 bridgehead atoms. The van der Waals surface area contributed by atoms with E-state index < -0.39 is 0 Å². The van der Waals surface area contributed by atoms with E-state index in [1.54, 1.807) is 22.0 Å². The van der Waals surface area contributed by atoms with Gasteiger partial charge in [-0.1, -0.05) is 0 Å². The smallest absolute Gasteiger partial charge is 0.253 e. The fourth-order valence-corrected chi connectivity index (χ4v) is 2.08. The van der Waals surface area contributed by atoms with Crippen molar-refractivity contribution in [3.8, 4) is 5.69 Å². The zero-order chi connectivity index (χ0) is 14.5. The van der Waals surface area contributed by atoms with Crippen molar-refractivity contribution in [3.05, 3.63) is 42.0 Å². The number of likely N-dealkylation sites (N-methyl/N-ethyl adjacent to an activating group) is 1. The fraction of sp³-hybridized carbons (Fsp3) is 0.357. The number of amides is 1. The molecule has 0 aliphatic rings. The summed E-state index contributed by atoms with van der Waals surface area (Å²) in [6, 6.07) is 5.45. The van der Waals surface area contributed by atoms with Gasteiger partial charge in [0.1, 0.15) is 12.7 Å². The number of aliphatic hydroxyl groups excluding tert-OH is 1. The molecule has 0 spiro atoms. The van der Waals surface area contributed by atoms with Crippen molar-refractivity contribution in [1.82, 2.24) is 19.7 Å². The maximum Gasteiger partial charge on any atom is 0.253 e. The Kier molecular flexibility index (Phi) is 4.47. The van der Waals surface area contributed by atoms with Crippen LogP contribution in [0.4, 0.5) is 0 Å². The van der Waals surface area contributed by atoms with Crippen LogP contribution in [0.1, 0.15) is 22.8 Å². The Morgan fingerprint density at radius 3 is 2.80 bits per heavy atom. The highest BCUT2D eigenvalue weighted by Crippen LogP contribution is 2.16. The molecular formula is C14H18N4O2. The van der Waals surface area contributed by atoms with Gasteiger partial charge in [0, 0.05) is 18.7 Å². The van der Waals surface area contributed by atoms with Gasteiger partial charge in [-0.05, 0) is 37.6 Å². The van der Waals surface area contributed by atoms with Gasteiger partial charge in [-0.2, -0.15) is 5.10 Å². The minimum atomic E-state index is -0.0743. The molecule has 2 rings (SSSR count). The first-order valence-electron chi connectivity index (χ1n) is 6.53. The van der Waals surface area contributed by atoms with E-state index in [0.717, 1.165) is 11.3 Å². The second-order valence-corrected chi connectivity index (χ2v) is 4.45. The lowest BCUT2D eigenvalue weighted by Crippen LogP contribution is -2.33. The van der Waals surface area contributed by atoms with E-state index in [4.69, 9.17) is 5.11 Å². The Morgan fingerprint density at radius 2 is 2.25 bits per heavy atom. The second kappa shape index (κ2) is 6.29. The van der Waals surface area contributed by atoms with Crippen LogP contribution in [0.2, 0.25) is 0 Å². The number of hydrogen-bond acceptors (Lipinski definition) is 4. The van der Waals surface area contributed by atoms with Gasteiger partial charge in [0.2, 0.25) is 0 Å². The quantitative estimate of drug-likeness (QED) is 0.884. The number of aryl methyl sites for hydroxylation is 1. The predicted octanol–water partition coefficient (Wildman–Crippen LogP) is 1.03. The van der Waals surface area contributed by atoms with Crippen LogP contribution in [0.3, 0.4) is 0 Å². The van der Waals surface area contributed by atoms with E-state index in [-0.39, 0.29) is 12.5 Å². The maximum absolute atomic E-state index is 12.3. The van der Waals surface area contributed by atoms with Gasteiger partial charge in [-0.25, -0.2) is 9.67 Å². The van der Waals surface area contributed by atoms with Gasteiger partial charge in [-0.15, -0.1) is 0 Å². The molecular weight excluding hydrogens is 256 g/mol. The minimum Gasteiger partial charge on any atom is -0.395 e. The highest BCUT2D eigenvalue weighted by Gasteiger charge is 2.14. The molecule has 106 valence electrons. The van der Waals surface area contributed by atoms with Crippen molar-refractivity contribution < 1.29 is 9.90 Å². The fourth-order valence-electron chi connectivity index (χ4n) is 2.08. The normalized spacial score (nSPS) is 10.6. The van der Waals surface area contributed by atoms with E-state index in [1.165, 1.54) is 6.33 Å². The first kappa shape index (κ1) is 14.2. The lowest BCUT2D eigenvalue weighted by Gasteiger charge is -2.20. The van der Waals surface area contributed by atoms with Gasteiger partial charge in [-0.3, -0.25) is 4.79 Å². The average molecular weight is 274 g/mol. The van der Waals surface area contributed by atoms with E-state index in [2.05, 4.69) is 10.1 Å². The summed E-state index contributed by atoms with van der Waals surface area (Å²) < 4.78 is 1.66. The minimum absolute atomic E-state index is 0.0321. The molecule has 0 aliphatic carbocycles. The molecule has 0 aliphatic heterocycles. The van der Waals surface area contributed by atoms with Crippen LogP contribution in [0, 0.1) is 6.92 Å². The highest BCUT2D eigenvalue weighted by atomic mass is 16.3. The number of rotatable bonds is 5. The summed E-state index contributed by atoms with van der Waals surface area (Å²) in [5.74, 6) is -0.0743. The Balaban J connectivity index is 2.27. The second-order valence-electron chi connectivity index (χ2n) is 4.45. The number of hydrogen-bond donors (Lipinski definition) is 1. The molecule has 1 aromatic heterocycles. The van der Waals surface area contributed by atoms with Crippen LogP contribution in [0.5, 0.6) is 0 Å². The summed E-state index contributed by atoms with van der Waals surface area (Å²) in [5.41, 5.74) is 2.45. The largest absolute Gasteiger partial charge is 0.395 e. The third-order valence-corrected chi connectivity index (χ3v) is 3.15. The zero-order valence-electron chi connectivity index (χ0n) is 11.7. The average Bonchev–Trinajstić information content (AvgIpc) is 2.97. The summed E-state index contributed by atoms with van der Waals surface area (Å²) in [4.78, 5) is 17.8. The van der Waals surface area contributed by atoms with Crippen LogP contribution in [-0.2, 0) is 0 Å². The molecule has 0 radical (unpaired) electrons. The summed E-state index contributed by atoms with van der Waals surface area (Å²) in [6.45, 7) is 4.71. The van der Waals surface area contributed by atoms with Crippen molar-refractivity contribution in [2.75, 3.05) is 19.7 Å². The van der Waals surface area contributed by atoms with Crippen molar-refractivity contribution in [3.63, 3.8) is 0 Å². The molecule has 6 heteroatoms. The molecule has 2 aromatic rings. The molecule has 1 amide bonds. The molecule has 1 aromatic carbocycles. The van der Waals surface area contributed by atoms with Crippen molar-refractivity contribution >= 4 is 5.91 Å². The SMILES string of the molecule is CCN(CCO)C(=O)c1ccc(-n2cncn2)c(C)c1. The number of benzene rings is 1. The molecule has 20 heavy (non-hydrogen) atoms. The lowest BCUT2D eigenvalue weighted by molar-refractivity contribution is 0.0732. The van der Waals surface area contributed by atoms with Crippen LogP contribution >= 0.6 is 0 Å². The molecule has 0 unspecified atom stereocenters. The monoisotopic (exact) mass is 274 g/mol. The zero-order valence-corrected chi connectivity index (χ0v) is 11.7. The van der Waals surface area contributed by atoms with Crippen LogP contribution < -0.4 is 0 Å². The number of carbonyl (C=O) groups is 1. The molecule has 1 N–H and O–H groups in total. The Hall–Kier alpha value is -2.21. The van der Waals surface area contributed by atoms with Crippen molar-refractivity contribution in [2.45, 2.75) is 13.8 Å². The molecule has 0 atom stereocenters. The summed E-state index contributed by atoms with van der Waals surface area (Å²) in [7, 11) is 0. The molecule has 1 heterocycles. The standard InChI is InChI=1S/C14H18N4O2/c1-3-17(6-7-19)14(20)12-4-5-13(11(2)8-12)18-10-15-9-16-18/h4-5,8-10,19H,3,6-7H2,1-2H3. The van der Waals surface area contributed by atoms with E-state index >= 15 is 0 Å². The Bertz CT molecular complexity index is 581. The molecule has 6 nitrogen and oxygen atoms in total. The van der Waals surface area contributed by atoms with Crippen LogP contribution in [0.25, 0.3) is 5.69 Å². The topological polar surface area (TPSA) is 71.2 Å². The number of aliphatic hydroxyl groups is 1. The third kappa shape index (κ3) is 2.85. The maximum atomic E-state index is 12.3. The molecule has 0 fully saturated rings. The molecule has 0 saturated carbocycles. The van der Waals surface area contributed by atoms with Crippen molar-refractivity contribution in [2.24, 2.45) is 0 Å².